The van der Waals surface area contributed by atoms with Crippen molar-refractivity contribution >= 4 is 5.91 Å². The van der Waals surface area contributed by atoms with E-state index in [1.807, 2.05) is 12.2 Å². The summed E-state index contributed by atoms with van der Waals surface area (Å²) < 4.78 is 0. The summed E-state index contributed by atoms with van der Waals surface area (Å²) in [5.74, 6) is -0.369. The molecule has 0 saturated heterocycles. The van der Waals surface area contributed by atoms with Crippen LogP contribution in [0.1, 0.15) is 162 Å². The van der Waals surface area contributed by atoms with Crippen molar-refractivity contribution in [1.29, 1.82) is 0 Å². The van der Waals surface area contributed by atoms with Crippen LogP contribution >= 0.6 is 0 Å². The second-order valence-corrected chi connectivity index (χ2v) is 12.1. The Morgan fingerprint density at radius 2 is 1.00 bits per heavy atom. The molecule has 250 valence electrons. The number of allylic oxidation sites excluding steroid dienone is 6. The van der Waals surface area contributed by atoms with Crippen LogP contribution in [0, 0.1) is 0 Å². The molecule has 4 N–H and O–H groups in total. The Morgan fingerprint density at radius 1 is 0.581 bits per heavy atom. The minimum Gasteiger partial charge on any atom is -0.394 e. The highest BCUT2D eigenvalue weighted by Crippen LogP contribution is 2.12. The standard InChI is InChI=1S/C38H69NO4/c1-3-5-7-9-11-12-13-14-15-16-17-18-19-20-21-22-23-24-26-28-30-32-37(42)36(34-40)39-38(43)33-35(41)31-29-27-25-10-8-6-4-2/h19-20,23-24,27,29-30,32,35-37,40-42H,3-18,21-22,25-26,28,31,33-34H2,1-2H3,(H,39,43)/b20-19+,24-23+,29-27-,32-30+. The SMILES string of the molecule is CCCCCC/C=C\CC(O)CC(=O)NC(CO)C(O)/C=C/CC/C=C/CC/C=C/CCCCCCCCCCCCC. The number of aliphatic hydroxyl groups excluding tert-OH is 3. The average Bonchev–Trinajstić information content (AvgIpc) is 3.00. The Hall–Kier alpha value is -1.69. The van der Waals surface area contributed by atoms with Crippen molar-refractivity contribution in [3.8, 4) is 0 Å². The Morgan fingerprint density at radius 3 is 1.51 bits per heavy atom. The normalized spacial score (nSPS) is 14.4. The van der Waals surface area contributed by atoms with Gasteiger partial charge in [-0.2, -0.15) is 0 Å². The summed E-state index contributed by atoms with van der Waals surface area (Å²) in [5.41, 5.74) is 0. The van der Waals surface area contributed by atoms with E-state index >= 15 is 0 Å². The Labute approximate surface area is 266 Å². The second kappa shape index (κ2) is 33.2. The van der Waals surface area contributed by atoms with Crippen molar-refractivity contribution in [2.75, 3.05) is 6.61 Å². The third-order valence-electron chi connectivity index (χ3n) is 7.82. The van der Waals surface area contributed by atoms with E-state index in [1.165, 1.54) is 96.3 Å². The van der Waals surface area contributed by atoms with Gasteiger partial charge in [-0.05, 0) is 57.8 Å². The lowest BCUT2D eigenvalue weighted by molar-refractivity contribution is -0.124. The van der Waals surface area contributed by atoms with Gasteiger partial charge < -0.3 is 20.6 Å². The van der Waals surface area contributed by atoms with E-state index in [2.05, 4.69) is 49.5 Å². The van der Waals surface area contributed by atoms with Gasteiger partial charge in [0.1, 0.15) is 0 Å². The summed E-state index contributed by atoms with van der Waals surface area (Å²) in [6, 6.07) is -0.780. The van der Waals surface area contributed by atoms with Crippen LogP contribution in [0.3, 0.4) is 0 Å². The van der Waals surface area contributed by atoms with Crippen LogP contribution in [0.4, 0.5) is 0 Å². The fraction of sp³-hybridized carbons (Fsp3) is 0.763. The van der Waals surface area contributed by atoms with Crippen LogP contribution in [-0.4, -0.2) is 46.1 Å². The number of amides is 1. The molecule has 0 bridgehead atoms. The third kappa shape index (κ3) is 30.1. The van der Waals surface area contributed by atoms with Crippen molar-refractivity contribution < 1.29 is 20.1 Å². The minimum atomic E-state index is -0.969. The molecule has 0 aliphatic rings. The van der Waals surface area contributed by atoms with Crippen molar-refractivity contribution in [1.82, 2.24) is 5.32 Å². The lowest BCUT2D eigenvalue weighted by atomic mass is 10.1. The predicted molar refractivity (Wildman–Crippen MR) is 185 cm³/mol. The first-order chi connectivity index (χ1) is 21.0. The van der Waals surface area contributed by atoms with Crippen LogP contribution in [0.15, 0.2) is 48.6 Å². The molecule has 0 rings (SSSR count). The largest absolute Gasteiger partial charge is 0.394 e. The molecule has 3 atom stereocenters. The second-order valence-electron chi connectivity index (χ2n) is 12.1. The summed E-state index contributed by atoms with van der Waals surface area (Å²) in [6.45, 7) is 4.10. The highest BCUT2D eigenvalue weighted by atomic mass is 16.3. The lowest BCUT2D eigenvalue weighted by Crippen LogP contribution is -2.45. The first-order valence-electron chi connectivity index (χ1n) is 17.9. The number of aliphatic hydroxyl groups is 3. The van der Waals surface area contributed by atoms with E-state index in [-0.39, 0.29) is 18.9 Å². The molecule has 0 spiro atoms. The topological polar surface area (TPSA) is 89.8 Å². The number of hydrogen-bond donors (Lipinski definition) is 4. The molecule has 0 fully saturated rings. The first kappa shape index (κ1) is 41.3. The van der Waals surface area contributed by atoms with Crippen molar-refractivity contribution in [3.63, 3.8) is 0 Å². The van der Waals surface area contributed by atoms with Gasteiger partial charge in [-0.25, -0.2) is 0 Å². The molecule has 5 heteroatoms. The third-order valence-corrected chi connectivity index (χ3v) is 7.82. The summed E-state index contributed by atoms with van der Waals surface area (Å²) in [4.78, 5) is 12.2. The van der Waals surface area contributed by atoms with E-state index in [4.69, 9.17) is 0 Å². The Kier molecular flexibility index (Phi) is 31.9. The quantitative estimate of drug-likeness (QED) is 0.0469. The van der Waals surface area contributed by atoms with Gasteiger partial charge in [-0.15, -0.1) is 0 Å². The molecule has 0 aromatic rings. The molecule has 0 aliphatic heterocycles. The zero-order chi connectivity index (χ0) is 31.6. The van der Waals surface area contributed by atoms with Crippen molar-refractivity contribution in [2.45, 2.75) is 180 Å². The van der Waals surface area contributed by atoms with Gasteiger partial charge in [0.05, 0.1) is 31.3 Å². The van der Waals surface area contributed by atoms with Crippen LogP contribution < -0.4 is 5.32 Å². The van der Waals surface area contributed by atoms with Gasteiger partial charge >= 0.3 is 0 Å². The fourth-order valence-electron chi connectivity index (χ4n) is 5.01. The van der Waals surface area contributed by atoms with E-state index < -0.39 is 18.2 Å². The summed E-state index contributed by atoms with van der Waals surface area (Å²) in [7, 11) is 0. The van der Waals surface area contributed by atoms with Crippen LogP contribution in [-0.2, 0) is 4.79 Å². The highest BCUT2D eigenvalue weighted by molar-refractivity contribution is 5.76. The zero-order valence-corrected chi connectivity index (χ0v) is 28.1. The van der Waals surface area contributed by atoms with E-state index in [9.17, 15) is 20.1 Å². The van der Waals surface area contributed by atoms with Gasteiger partial charge in [0.25, 0.3) is 0 Å². The number of rotatable bonds is 31. The number of unbranched alkanes of at least 4 members (excludes halogenated alkanes) is 17. The number of carbonyl (C=O) groups is 1. The van der Waals surface area contributed by atoms with Crippen LogP contribution in [0.2, 0.25) is 0 Å². The van der Waals surface area contributed by atoms with Gasteiger partial charge in [-0.3, -0.25) is 4.79 Å². The Balaban J connectivity index is 3.82. The molecule has 0 radical (unpaired) electrons. The molecule has 5 nitrogen and oxygen atoms in total. The van der Waals surface area contributed by atoms with Gasteiger partial charge in [-0.1, -0.05) is 146 Å². The van der Waals surface area contributed by atoms with E-state index in [0.717, 1.165) is 38.5 Å². The molecule has 0 aliphatic carbocycles. The summed E-state index contributed by atoms with van der Waals surface area (Å²) in [5, 5.41) is 32.7. The van der Waals surface area contributed by atoms with Crippen molar-refractivity contribution in [3.05, 3.63) is 48.6 Å². The van der Waals surface area contributed by atoms with Crippen LogP contribution in [0.25, 0.3) is 0 Å². The molecular formula is C38H69NO4. The van der Waals surface area contributed by atoms with Gasteiger partial charge in [0.15, 0.2) is 0 Å². The highest BCUT2D eigenvalue weighted by Gasteiger charge is 2.19. The van der Waals surface area contributed by atoms with Crippen LogP contribution in [0.5, 0.6) is 0 Å². The molecular weight excluding hydrogens is 534 g/mol. The number of nitrogens with one attached hydrogen (secondary N) is 1. The zero-order valence-electron chi connectivity index (χ0n) is 28.1. The van der Waals surface area contributed by atoms with Gasteiger partial charge in [0.2, 0.25) is 5.91 Å². The maximum absolute atomic E-state index is 12.2. The predicted octanol–water partition coefficient (Wildman–Crippen LogP) is 9.42. The van der Waals surface area contributed by atoms with Gasteiger partial charge in [0, 0.05) is 0 Å². The monoisotopic (exact) mass is 604 g/mol. The fourth-order valence-corrected chi connectivity index (χ4v) is 5.01. The lowest BCUT2D eigenvalue weighted by Gasteiger charge is -2.20. The molecule has 0 aromatic heterocycles. The maximum atomic E-state index is 12.2. The molecule has 0 aromatic carbocycles. The number of hydrogen-bond acceptors (Lipinski definition) is 4. The first-order valence-corrected chi connectivity index (χ1v) is 17.9. The average molecular weight is 604 g/mol. The molecule has 43 heavy (non-hydrogen) atoms. The molecule has 3 unspecified atom stereocenters. The van der Waals surface area contributed by atoms with E-state index in [0.29, 0.717) is 6.42 Å². The maximum Gasteiger partial charge on any atom is 0.223 e. The smallest absolute Gasteiger partial charge is 0.223 e. The molecule has 0 heterocycles. The number of carbonyl (C=O) groups excluding carboxylic acids is 1. The minimum absolute atomic E-state index is 0.0492. The molecule has 1 amide bonds. The van der Waals surface area contributed by atoms with E-state index in [1.54, 1.807) is 6.08 Å². The Bertz CT molecular complexity index is 715. The van der Waals surface area contributed by atoms with Crippen molar-refractivity contribution in [2.24, 2.45) is 0 Å². The summed E-state index contributed by atoms with van der Waals surface area (Å²) >= 11 is 0. The molecule has 0 saturated carbocycles. The summed E-state index contributed by atoms with van der Waals surface area (Å²) in [6.07, 6.45) is 41.3.